The molecule has 3 nitrogen and oxygen atoms in total. The minimum absolute atomic E-state index is 0.456. The van der Waals surface area contributed by atoms with E-state index in [1.54, 1.807) is 0 Å². The van der Waals surface area contributed by atoms with Gasteiger partial charge in [0.05, 0.1) is 0 Å². The fraction of sp³-hybridized carbons (Fsp3) is 0.625. The molecule has 2 heterocycles. The molecule has 1 aliphatic rings. The van der Waals surface area contributed by atoms with Gasteiger partial charge in [-0.15, -0.1) is 0 Å². The van der Waals surface area contributed by atoms with E-state index in [1.165, 1.54) is 18.6 Å². The molecule has 1 aliphatic heterocycles. The van der Waals surface area contributed by atoms with Crippen molar-refractivity contribution in [3.8, 4) is 0 Å². The maximum absolute atomic E-state index is 5.82. The Morgan fingerprint density at radius 1 is 1.62 bits per heavy atom. The first-order valence-electron chi connectivity index (χ1n) is 4.27. The van der Waals surface area contributed by atoms with Gasteiger partial charge in [-0.05, 0) is 34.5 Å². The normalized spacial score (nSPS) is 23.3. The third-order valence-corrected chi connectivity index (χ3v) is 4.03. The summed E-state index contributed by atoms with van der Waals surface area (Å²) in [4.78, 5) is 0. The van der Waals surface area contributed by atoms with Gasteiger partial charge >= 0.3 is 0 Å². The molecular formula is C8H11BrN2OS. The summed E-state index contributed by atoms with van der Waals surface area (Å²) in [6.45, 7) is 0. The fourth-order valence-corrected chi connectivity index (χ4v) is 2.94. The van der Waals surface area contributed by atoms with Crippen molar-refractivity contribution >= 4 is 33.4 Å². The van der Waals surface area contributed by atoms with Crippen molar-refractivity contribution in [2.75, 3.05) is 17.2 Å². The summed E-state index contributed by atoms with van der Waals surface area (Å²) < 4.78 is 5.84. The van der Waals surface area contributed by atoms with Crippen LogP contribution in [0.1, 0.15) is 24.5 Å². The second-order valence-corrected chi connectivity index (χ2v) is 5.07. The Bertz CT molecular complexity index is 296. The summed E-state index contributed by atoms with van der Waals surface area (Å²) in [6, 6.07) is 0. The van der Waals surface area contributed by atoms with Gasteiger partial charge in [0.25, 0.3) is 0 Å². The van der Waals surface area contributed by atoms with E-state index in [4.69, 9.17) is 10.3 Å². The van der Waals surface area contributed by atoms with Crippen molar-refractivity contribution in [2.45, 2.75) is 18.8 Å². The van der Waals surface area contributed by atoms with Crippen molar-refractivity contribution in [3.05, 3.63) is 10.4 Å². The Hall–Kier alpha value is -0.160. The van der Waals surface area contributed by atoms with Crippen LogP contribution in [0.3, 0.4) is 0 Å². The van der Waals surface area contributed by atoms with Gasteiger partial charge in [0.1, 0.15) is 5.69 Å². The lowest BCUT2D eigenvalue weighted by atomic mass is 10.0. The molecule has 13 heavy (non-hydrogen) atoms. The van der Waals surface area contributed by atoms with E-state index in [0.29, 0.717) is 16.2 Å². The molecule has 1 aromatic rings. The van der Waals surface area contributed by atoms with E-state index in [9.17, 15) is 0 Å². The minimum atomic E-state index is 0.456. The maximum atomic E-state index is 5.82. The lowest BCUT2D eigenvalue weighted by molar-refractivity contribution is 0.358. The van der Waals surface area contributed by atoms with Crippen molar-refractivity contribution in [3.63, 3.8) is 0 Å². The Labute approximate surface area is 89.5 Å². The van der Waals surface area contributed by atoms with Crippen molar-refractivity contribution in [1.82, 2.24) is 5.16 Å². The number of anilines is 1. The smallest absolute Gasteiger partial charge is 0.172 e. The van der Waals surface area contributed by atoms with E-state index >= 15 is 0 Å². The van der Waals surface area contributed by atoms with Gasteiger partial charge in [0, 0.05) is 11.7 Å². The van der Waals surface area contributed by atoms with Crippen LogP contribution in [0.4, 0.5) is 5.69 Å². The largest absolute Gasteiger partial charge is 0.394 e. The lowest BCUT2D eigenvalue weighted by Crippen LogP contribution is -2.09. The zero-order valence-corrected chi connectivity index (χ0v) is 9.53. The number of aromatic nitrogens is 1. The van der Waals surface area contributed by atoms with Crippen molar-refractivity contribution in [1.29, 1.82) is 0 Å². The molecule has 0 amide bonds. The van der Waals surface area contributed by atoms with Crippen LogP contribution in [0.5, 0.6) is 0 Å². The van der Waals surface area contributed by atoms with Gasteiger partial charge in [-0.3, -0.25) is 0 Å². The summed E-state index contributed by atoms with van der Waals surface area (Å²) >= 11 is 5.20. The van der Waals surface area contributed by atoms with Crippen LogP contribution in [0, 0.1) is 0 Å². The number of hydrogen-bond acceptors (Lipinski definition) is 4. The molecule has 0 aliphatic carbocycles. The molecule has 1 saturated heterocycles. The summed E-state index contributed by atoms with van der Waals surface area (Å²) in [5, 5.41) is 3.80. The standard InChI is InChI=1S/C8H11BrN2OS/c9-8-6(10)7(12-11-8)5-2-1-3-13-4-5/h5H,1-4,10H2. The number of nitrogens with two attached hydrogens (primary N) is 1. The predicted octanol–water partition coefficient (Wildman–Crippen LogP) is 2.63. The number of nitrogen functional groups attached to an aromatic ring is 1. The first-order chi connectivity index (χ1) is 6.29. The van der Waals surface area contributed by atoms with E-state index in [0.717, 1.165) is 11.5 Å². The zero-order valence-electron chi connectivity index (χ0n) is 7.12. The number of thioether (sulfide) groups is 1. The van der Waals surface area contributed by atoms with E-state index in [-0.39, 0.29) is 0 Å². The molecular weight excluding hydrogens is 252 g/mol. The van der Waals surface area contributed by atoms with Crippen LogP contribution < -0.4 is 5.73 Å². The highest BCUT2D eigenvalue weighted by atomic mass is 79.9. The van der Waals surface area contributed by atoms with Crippen LogP contribution in [-0.2, 0) is 0 Å². The quantitative estimate of drug-likeness (QED) is 0.846. The lowest BCUT2D eigenvalue weighted by Gasteiger charge is -2.18. The monoisotopic (exact) mass is 262 g/mol. The first kappa shape index (κ1) is 9.40. The fourth-order valence-electron chi connectivity index (χ4n) is 1.53. The molecule has 2 rings (SSSR count). The van der Waals surface area contributed by atoms with Crippen LogP contribution >= 0.6 is 27.7 Å². The molecule has 5 heteroatoms. The maximum Gasteiger partial charge on any atom is 0.172 e. The molecule has 0 bridgehead atoms. The van der Waals surface area contributed by atoms with Gasteiger partial charge in [-0.25, -0.2) is 0 Å². The first-order valence-corrected chi connectivity index (χ1v) is 6.22. The van der Waals surface area contributed by atoms with Gasteiger partial charge in [-0.1, -0.05) is 5.16 Å². The van der Waals surface area contributed by atoms with Gasteiger partial charge in [0.15, 0.2) is 10.4 Å². The molecule has 0 aromatic carbocycles. The average molecular weight is 263 g/mol. The number of rotatable bonds is 1. The molecule has 1 unspecified atom stereocenters. The summed E-state index contributed by atoms with van der Waals surface area (Å²) in [5.41, 5.74) is 6.49. The Kier molecular flexibility index (Phi) is 2.83. The summed E-state index contributed by atoms with van der Waals surface area (Å²) in [6.07, 6.45) is 2.41. The van der Waals surface area contributed by atoms with E-state index in [1.807, 2.05) is 11.8 Å². The van der Waals surface area contributed by atoms with Gasteiger partial charge in [-0.2, -0.15) is 11.8 Å². The zero-order chi connectivity index (χ0) is 9.26. The van der Waals surface area contributed by atoms with Crippen LogP contribution in [-0.4, -0.2) is 16.7 Å². The summed E-state index contributed by atoms with van der Waals surface area (Å²) in [5.74, 6) is 3.67. The third-order valence-electron chi connectivity index (χ3n) is 2.24. The number of halogens is 1. The van der Waals surface area contributed by atoms with Gasteiger partial charge < -0.3 is 10.3 Å². The molecule has 0 saturated carbocycles. The minimum Gasteiger partial charge on any atom is -0.394 e. The van der Waals surface area contributed by atoms with Crippen LogP contribution in [0.25, 0.3) is 0 Å². The summed E-state index contributed by atoms with van der Waals surface area (Å²) in [7, 11) is 0. The highest BCUT2D eigenvalue weighted by molar-refractivity contribution is 9.10. The number of nitrogens with zero attached hydrogens (tertiary/aromatic N) is 1. The number of hydrogen-bond donors (Lipinski definition) is 1. The topological polar surface area (TPSA) is 52.0 Å². The second kappa shape index (κ2) is 3.92. The predicted molar refractivity (Wildman–Crippen MR) is 57.9 cm³/mol. The van der Waals surface area contributed by atoms with Crippen molar-refractivity contribution in [2.24, 2.45) is 0 Å². The van der Waals surface area contributed by atoms with Crippen molar-refractivity contribution < 1.29 is 4.52 Å². The molecule has 0 radical (unpaired) electrons. The third kappa shape index (κ3) is 1.86. The highest BCUT2D eigenvalue weighted by Crippen LogP contribution is 2.36. The van der Waals surface area contributed by atoms with E-state index in [2.05, 4.69) is 21.1 Å². The molecule has 1 fully saturated rings. The van der Waals surface area contributed by atoms with Crippen LogP contribution in [0.2, 0.25) is 0 Å². The van der Waals surface area contributed by atoms with E-state index < -0.39 is 0 Å². The SMILES string of the molecule is Nc1c(Br)noc1C1CCCSC1. The molecule has 1 atom stereocenters. The second-order valence-electron chi connectivity index (χ2n) is 3.17. The molecule has 72 valence electrons. The Balaban J connectivity index is 2.18. The highest BCUT2D eigenvalue weighted by Gasteiger charge is 2.23. The van der Waals surface area contributed by atoms with Gasteiger partial charge in [0.2, 0.25) is 0 Å². The Morgan fingerprint density at radius 3 is 3.00 bits per heavy atom. The molecule has 2 N–H and O–H groups in total. The molecule has 1 aromatic heterocycles. The Morgan fingerprint density at radius 2 is 2.46 bits per heavy atom. The van der Waals surface area contributed by atoms with Crippen LogP contribution in [0.15, 0.2) is 9.13 Å². The molecule has 0 spiro atoms. The average Bonchev–Trinajstić information content (AvgIpc) is 2.49.